The van der Waals surface area contributed by atoms with E-state index in [2.05, 4.69) is 53.6 Å². The molecule has 5 unspecified atom stereocenters. The minimum atomic E-state index is 0.0595. The molecule has 0 radical (unpaired) electrons. The summed E-state index contributed by atoms with van der Waals surface area (Å²) in [7, 11) is 0. The van der Waals surface area contributed by atoms with Gasteiger partial charge in [-0.05, 0) is 81.3 Å². The van der Waals surface area contributed by atoms with Gasteiger partial charge in [0.1, 0.15) is 6.26 Å². The van der Waals surface area contributed by atoms with Crippen LogP contribution >= 0.6 is 0 Å². The molecule has 4 nitrogen and oxygen atoms in total. The van der Waals surface area contributed by atoms with Crippen LogP contribution in [0.1, 0.15) is 68.4 Å². The highest BCUT2D eigenvalue weighted by atomic mass is 16.3. The number of benzene rings is 1. The summed E-state index contributed by atoms with van der Waals surface area (Å²) in [5, 5.41) is 0. The molecule has 3 saturated carbocycles. The monoisotopic (exact) mass is 387 g/mol. The third kappa shape index (κ3) is 1.85. The summed E-state index contributed by atoms with van der Waals surface area (Å²) in [6.45, 7) is 4.65. The third-order valence-electron chi connectivity index (χ3n) is 9.02. The number of nitrogens with zero attached hydrogens (tertiary/aromatic N) is 3. The molecule has 0 amide bonds. The maximum absolute atomic E-state index is 5.78. The fraction of sp³-hybridized carbons (Fsp3) is 0.560. The van der Waals surface area contributed by atoms with Crippen LogP contribution < -0.4 is 4.90 Å². The van der Waals surface area contributed by atoms with Crippen molar-refractivity contribution in [1.82, 2.24) is 9.38 Å². The van der Waals surface area contributed by atoms with Crippen LogP contribution in [0.3, 0.4) is 0 Å². The Morgan fingerprint density at radius 2 is 1.97 bits per heavy atom. The molecule has 4 heteroatoms. The van der Waals surface area contributed by atoms with E-state index in [-0.39, 0.29) is 11.6 Å². The second kappa shape index (κ2) is 5.47. The molecular formula is C25H29N3O. The van der Waals surface area contributed by atoms with Crippen LogP contribution in [-0.2, 0) is 5.54 Å². The van der Waals surface area contributed by atoms with Crippen LogP contribution in [-0.4, -0.2) is 9.38 Å². The van der Waals surface area contributed by atoms with Crippen molar-refractivity contribution < 1.29 is 4.42 Å². The molecule has 1 spiro atoms. The zero-order valence-corrected chi connectivity index (χ0v) is 17.3. The zero-order valence-electron chi connectivity index (χ0n) is 17.3. The Hall–Kier alpha value is -2.23. The highest BCUT2D eigenvalue weighted by molar-refractivity contribution is 5.64. The van der Waals surface area contributed by atoms with Gasteiger partial charge in [0.25, 0.3) is 0 Å². The Morgan fingerprint density at radius 1 is 1.10 bits per heavy atom. The van der Waals surface area contributed by atoms with Gasteiger partial charge in [-0.1, -0.05) is 24.6 Å². The molecule has 29 heavy (non-hydrogen) atoms. The highest BCUT2D eigenvalue weighted by Crippen LogP contribution is 2.68. The quantitative estimate of drug-likeness (QED) is 0.524. The van der Waals surface area contributed by atoms with E-state index >= 15 is 0 Å². The van der Waals surface area contributed by atoms with Gasteiger partial charge < -0.3 is 9.32 Å². The maximum atomic E-state index is 5.78. The van der Waals surface area contributed by atoms with Gasteiger partial charge in [-0.2, -0.15) is 4.98 Å². The Labute approximate surface area is 171 Å². The van der Waals surface area contributed by atoms with Crippen molar-refractivity contribution >= 4 is 11.5 Å². The fourth-order valence-electron chi connectivity index (χ4n) is 8.09. The Bertz CT molecular complexity index is 1110. The number of rotatable bonds is 1. The summed E-state index contributed by atoms with van der Waals surface area (Å²) in [5.41, 5.74) is 5.56. The number of aryl methyl sites for hydroxylation is 1. The second-order valence-electron chi connectivity index (χ2n) is 10.1. The van der Waals surface area contributed by atoms with E-state index in [4.69, 9.17) is 9.40 Å². The molecular weight excluding hydrogens is 358 g/mol. The van der Waals surface area contributed by atoms with Crippen LogP contribution in [0, 0.1) is 30.6 Å². The molecule has 1 aromatic carbocycles. The van der Waals surface area contributed by atoms with Gasteiger partial charge in [0.2, 0.25) is 0 Å². The Balaban J connectivity index is 1.56. The lowest BCUT2D eigenvalue weighted by Gasteiger charge is -2.63. The van der Waals surface area contributed by atoms with E-state index < -0.39 is 0 Å². The number of fused-ring (bicyclic) bond motifs is 4. The number of oxazole rings is 1. The molecule has 150 valence electrons. The summed E-state index contributed by atoms with van der Waals surface area (Å²) in [5.74, 6) is 4.00. The molecule has 2 aromatic heterocycles. The van der Waals surface area contributed by atoms with Crippen LogP contribution in [0.25, 0.3) is 5.84 Å². The largest absolute Gasteiger partial charge is 0.432 e. The zero-order chi connectivity index (χ0) is 19.3. The van der Waals surface area contributed by atoms with E-state index in [0.717, 1.165) is 23.6 Å². The van der Waals surface area contributed by atoms with E-state index in [1.807, 2.05) is 6.26 Å². The van der Waals surface area contributed by atoms with Gasteiger partial charge in [-0.25, -0.2) is 0 Å². The minimum absolute atomic E-state index is 0.0595. The van der Waals surface area contributed by atoms with Gasteiger partial charge in [0.05, 0.1) is 23.0 Å². The maximum Gasteiger partial charge on any atom is 0.306 e. The van der Waals surface area contributed by atoms with E-state index in [9.17, 15) is 0 Å². The average Bonchev–Trinajstić information content (AvgIpc) is 3.34. The van der Waals surface area contributed by atoms with Gasteiger partial charge >= 0.3 is 5.84 Å². The van der Waals surface area contributed by atoms with Crippen molar-refractivity contribution in [2.75, 3.05) is 4.90 Å². The number of hydrogen-bond donors (Lipinski definition) is 0. The SMILES string of the molecule is Cc1ccccc1N1[C@@H](C)c2nc3occn3c2C12C1CCC3CCC(C1)CC32. The molecule has 3 heterocycles. The average molecular weight is 388 g/mol. The first-order valence-electron chi connectivity index (χ1n) is 11.5. The van der Waals surface area contributed by atoms with Crippen molar-refractivity contribution in [2.24, 2.45) is 23.7 Å². The number of imidazole rings is 1. The Kier molecular flexibility index (Phi) is 3.12. The van der Waals surface area contributed by atoms with E-state index in [1.165, 1.54) is 61.2 Å². The number of hydrogen-bond acceptors (Lipinski definition) is 3. The smallest absolute Gasteiger partial charge is 0.306 e. The third-order valence-corrected chi connectivity index (χ3v) is 9.02. The van der Waals surface area contributed by atoms with Crippen LogP contribution in [0.2, 0.25) is 0 Å². The molecule has 3 fully saturated rings. The first-order chi connectivity index (χ1) is 14.2. The summed E-state index contributed by atoms with van der Waals surface area (Å²) >= 11 is 0. The molecule has 1 aliphatic heterocycles. The molecule has 6 atom stereocenters. The van der Waals surface area contributed by atoms with Crippen molar-refractivity contribution in [3.05, 3.63) is 53.7 Å². The van der Waals surface area contributed by atoms with Crippen LogP contribution in [0.4, 0.5) is 5.69 Å². The number of anilines is 1. The van der Waals surface area contributed by atoms with Crippen molar-refractivity contribution in [3.8, 4) is 0 Å². The fourth-order valence-corrected chi connectivity index (χ4v) is 8.09. The molecule has 0 saturated heterocycles. The van der Waals surface area contributed by atoms with E-state index in [1.54, 1.807) is 0 Å². The van der Waals surface area contributed by atoms with Gasteiger partial charge in [0.15, 0.2) is 0 Å². The first-order valence-corrected chi connectivity index (χ1v) is 11.5. The molecule has 0 N–H and O–H groups in total. The minimum Gasteiger partial charge on any atom is -0.432 e. The Morgan fingerprint density at radius 3 is 2.86 bits per heavy atom. The summed E-state index contributed by atoms with van der Waals surface area (Å²) < 4.78 is 8.08. The molecule has 3 aliphatic carbocycles. The topological polar surface area (TPSA) is 33.7 Å². The second-order valence-corrected chi connectivity index (χ2v) is 10.1. The van der Waals surface area contributed by atoms with Crippen molar-refractivity contribution in [1.29, 1.82) is 0 Å². The van der Waals surface area contributed by atoms with Crippen molar-refractivity contribution in [3.63, 3.8) is 0 Å². The summed E-state index contributed by atoms with van der Waals surface area (Å²) in [6, 6.07) is 9.28. The first kappa shape index (κ1) is 16.6. The van der Waals surface area contributed by atoms with Crippen LogP contribution in [0.5, 0.6) is 0 Å². The van der Waals surface area contributed by atoms with Crippen molar-refractivity contribution in [2.45, 2.75) is 64.0 Å². The molecule has 7 rings (SSSR count). The molecule has 4 aliphatic rings. The normalized spacial score (nSPS) is 37.6. The highest BCUT2D eigenvalue weighted by Gasteiger charge is 2.66. The molecule has 3 bridgehead atoms. The van der Waals surface area contributed by atoms with Gasteiger partial charge in [-0.3, -0.25) is 4.40 Å². The lowest BCUT2D eigenvalue weighted by atomic mass is 9.48. The lowest BCUT2D eigenvalue weighted by molar-refractivity contribution is -0.0559. The van der Waals surface area contributed by atoms with Gasteiger partial charge in [0, 0.05) is 11.9 Å². The summed E-state index contributed by atoms with van der Waals surface area (Å²) in [6.07, 6.45) is 12.3. The standard InChI is InChI=1S/C25H29N3O/c1-15-5-3-4-6-21(15)28-16(2)22-23(27-11-12-29-24(27)26-22)25(28)19-10-9-18-8-7-17(13-19)14-20(18)25/h3-6,11-12,16-20H,7-10,13-14H2,1-2H3/t16-,17?,18?,19?,20?,25?/m0/s1. The number of para-hydroxylation sites is 1. The summed E-state index contributed by atoms with van der Waals surface area (Å²) in [4.78, 5) is 7.86. The molecule has 3 aromatic rings. The van der Waals surface area contributed by atoms with E-state index in [0.29, 0.717) is 5.92 Å². The lowest BCUT2D eigenvalue weighted by Crippen LogP contribution is -2.62. The van der Waals surface area contributed by atoms with Gasteiger partial charge in [-0.15, -0.1) is 0 Å². The predicted octanol–water partition coefficient (Wildman–Crippen LogP) is 5.86. The predicted molar refractivity (Wildman–Crippen MR) is 113 cm³/mol. The van der Waals surface area contributed by atoms with Crippen LogP contribution in [0.15, 0.2) is 41.1 Å². The number of aromatic nitrogens is 2.